The first-order chi connectivity index (χ1) is 20.0. The minimum Gasteiger partial charge on any atom is -0.456 e. The Balaban J connectivity index is 0.000000181. The van der Waals surface area contributed by atoms with Crippen LogP contribution in [0.1, 0.15) is 0 Å². The third-order valence-corrected chi connectivity index (χ3v) is 9.10. The zero-order valence-corrected chi connectivity index (χ0v) is 27.2. The Morgan fingerprint density at radius 1 is 0.619 bits per heavy atom. The van der Waals surface area contributed by atoms with Gasteiger partial charge in [0.05, 0.1) is 8.07 Å². The van der Waals surface area contributed by atoms with Crippen LogP contribution in [0.5, 0.6) is 0 Å². The molecule has 0 unspecified atom stereocenters. The van der Waals surface area contributed by atoms with Gasteiger partial charge in [-0.25, -0.2) is 0 Å². The van der Waals surface area contributed by atoms with Gasteiger partial charge in [-0.15, -0.1) is 71.8 Å². The predicted molar refractivity (Wildman–Crippen MR) is 173 cm³/mol. The maximum absolute atomic E-state index is 6.25. The Hall–Kier alpha value is -4.15. The van der Waals surface area contributed by atoms with E-state index in [1.807, 2.05) is 85.2 Å². The molecular weight excluding hydrogens is 709 g/mol. The van der Waals surface area contributed by atoms with Crippen molar-refractivity contribution in [2.45, 2.75) is 19.6 Å². The number of hydrogen-bond acceptors (Lipinski definition) is 3. The van der Waals surface area contributed by atoms with E-state index in [2.05, 4.69) is 84.2 Å². The zero-order chi connectivity index (χ0) is 28.2. The largest absolute Gasteiger partial charge is 0.456 e. The van der Waals surface area contributed by atoms with Crippen molar-refractivity contribution >= 4 is 35.2 Å². The van der Waals surface area contributed by atoms with Crippen molar-refractivity contribution in [3.8, 4) is 33.6 Å². The van der Waals surface area contributed by atoms with Crippen molar-refractivity contribution in [1.82, 2.24) is 9.97 Å². The molecule has 0 amide bonds. The zero-order valence-electron chi connectivity index (χ0n) is 23.8. The van der Waals surface area contributed by atoms with Crippen LogP contribution in [-0.2, 0) is 20.1 Å². The van der Waals surface area contributed by atoms with Gasteiger partial charge in [-0.2, -0.15) is 0 Å². The number of pyridine rings is 2. The molecule has 0 aliphatic heterocycles. The monoisotopic (exact) mass is 739 g/mol. The summed E-state index contributed by atoms with van der Waals surface area (Å²) in [6.45, 7) is 7.00. The Bertz CT molecular complexity index is 1900. The fourth-order valence-electron chi connectivity index (χ4n) is 4.79. The molecule has 209 valence electrons. The fraction of sp³-hybridized carbons (Fsp3) is 0.0811. The molecule has 0 fully saturated rings. The standard InChI is InChI=1S/C23H14NO.C14H16NSi.Ir/c1-3-8-16(9-4-1)18-12-7-13-19-20-15-24-21(14-22(20)25-23(18)19)17-10-5-2-6-11-17;1-16(2,3)13-9-10-14(15-11-13)12-7-5-4-6-8-12;/h1-10,12-15H;4-7,9-11H,1-3H3;/q2*-1;. The number of para-hydroxylation sites is 1. The van der Waals surface area contributed by atoms with E-state index in [0.29, 0.717) is 0 Å². The van der Waals surface area contributed by atoms with Crippen LogP contribution in [0.15, 0.2) is 132 Å². The second-order valence-corrected chi connectivity index (χ2v) is 16.0. The van der Waals surface area contributed by atoms with Crippen LogP contribution in [0.3, 0.4) is 0 Å². The van der Waals surface area contributed by atoms with E-state index in [-0.39, 0.29) is 20.1 Å². The summed E-state index contributed by atoms with van der Waals surface area (Å²) in [5.41, 5.74) is 7.90. The molecule has 3 heterocycles. The molecular formula is C37H30IrN2OSi-2. The number of benzene rings is 4. The van der Waals surface area contributed by atoms with E-state index < -0.39 is 8.07 Å². The summed E-state index contributed by atoms with van der Waals surface area (Å²) in [5.74, 6) is 0. The maximum Gasteiger partial charge on any atom is 0.143 e. The molecule has 0 saturated heterocycles. The normalized spacial score (nSPS) is 11.0. The van der Waals surface area contributed by atoms with Crippen molar-refractivity contribution in [1.29, 1.82) is 0 Å². The minimum absolute atomic E-state index is 0. The van der Waals surface area contributed by atoms with E-state index in [1.54, 1.807) is 0 Å². The molecule has 0 N–H and O–H groups in total. The first-order valence-corrected chi connectivity index (χ1v) is 17.2. The average Bonchev–Trinajstić information content (AvgIpc) is 3.40. The average molecular weight is 739 g/mol. The summed E-state index contributed by atoms with van der Waals surface area (Å²) in [6, 6.07) is 45.1. The van der Waals surface area contributed by atoms with Crippen molar-refractivity contribution in [2.24, 2.45) is 0 Å². The van der Waals surface area contributed by atoms with Crippen LogP contribution >= 0.6 is 0 Å². The van der Waals surface area contributed by atoms with Gasteiger partial charge < -0.3 is 14.4 Å². The quantitative estimate of drug-likeness (QED) is 0.134. The second kappa shape index (κ2) is 12.8. The second-order valence-electron chi connectivity index (χ2n) is 11.0. The van der Waals surface area contributed by atoms with E-state index in [9.17, 15) is 0 Å². The summed E-state index contributed by atoms with van der Waals surface area (Å²) in [4.78, 5) is 9.13. The Morgan fingerprint density at radius 2 is 1.29 bits per heavy atom. The molecule has 0 saturated carbocycles. The van der Waals surface area contributed by atoms with Crippen molar-refractivity contribution in [3.63, 3.8) is 0 Å². The molecule has 3 nitrogen and oxygen atoms in total. The van der Waals surface area contributed by atoms with Gasteiger partial charge in [0.1, 0.15) is 11.2 Å². The Kier molecular flexibility index (Phi) is 8.93. The van der Waals surface area contributed by atoms with Crippen LogP contribution in [0, 0.1) is 12.1 Å². The van der Waals surface area contributed by atoms with Crippen LogP contribution in [0.2, 0.25) is 19.6 Å². The number of nitrogens with zero attached hydrogens (tertiary/aromatic N) is 2. The molecule has 5 heteroatoms. The molecule has 0 bridgehead atoms. The predicted octanol–water partition coefficient (Wildman–Crippen LogP) is 9.21. The number of furan rings is 1. The van der Waals surface area contributed by atoms with Gasteiger partial charge in [-0.3, -0.25) is 0 Å². The maximum atomic E-state index is 6.25. The summed E-state index contributed by atoms with van der Waals surface area (Å²) in [6.07, 6.45) is 3.91. The third kappa shape index (κ3) is 6.34. The third-order valence-electron chi connectivity index (χ3n) is 7.07. The topological polar surface area (TPSA) is 38.9 Å². The summed E-state index contributed by atoms with van der Waals surface area (Å²) in [7, 11) is -1.23. The number of hydrogen-bond donors (Lipinski definition) is 0. The SMILES string of the molecule is C[Si](C)(C)c1ccc(-c2[c-]cccc2)nc1.[Ir].[c-]1ccccc1-c1cc2oc3c(-c4ccccc4)cccc3c2cn1. The Morgan fingerprint density at radius 3 is 1.90 bits per heavy atom. The summed E-state index contributed by atoms with van der Waals surface area (Å²) < 4.78 is 6.25. The molecule has 42 heavy (non-hydrogen) atoms. The Labute approximate surface area is 261 Å². The van der Waals surface area contributed by atoms with E-state index >= 15 is 0 Å². The molecule has 4 aromatic carbocycles. The molecule has 7 aromatic rings. The molecule has 1 radical (unpaired) electrons. The molecule has 0 aliphatic rings. The van der Waals surface area contributed by atoms with Crippen LogP contribution in [0.4, 0.5) is 0 Å². The number of fused-ring (bicyclic) bond motifs is 3. The van der Waals surface area contributed by atoms with Crippen molar-refractivity contribution < 1.29 is 24.5 Å². The first kappa shape index (κ1) is 29.3. The summed E-state index contributed by atoms with van der Waals surface area (Å²) in [5, 5.41) is 3.52. The number of aromatic nitrogens is 2. The molecule has 0 atom stereocenters. The van der Waals surface area contributed by atoms with Gasteiger partial charge in [0, 0.05) is 48.8 Å². The first-order valence-electron chi connectivity index (χ1n) is 13.7. The van der Waals surface area contributed by atoms with E-state index in [1.165, 1.54) is 5.19 Å². The molecule has 0 spiro atoms. The van der Waals surface area contributed by atoms with Gasteiger partial charge in [0.2, 0.25) is 0 Å². The van der Waals surface area contributed by atoms with Gasteiger partial charge >= 0.3 is 0 Å². The van der Waals surface area contributed by atoms with Gasteiger partial charge in [-0.1, -0.05) is 80.3 Å². The molecule has 3 aromatic heterocycles. The fourth-order valence-corrected chi connectivity index (χ4v) is 5.82. The molecule has 0 aliphatic carbocycles. The number of rotatable bonds is 4. The van der Waals surface area contributed by atoms with Crippen LogP contribution < -0.4 is 5.19 Å². The van der Waals surface area contributed by atoms with Crippen molar-refractivity contribution in [2.75, 3.05) is 0 Å². The van der Waals surface area contributed by atoms with E-state index in [0.717, 1.165) is 55.6 Å². The van der Waals surface area contributed by atoms with Crippen LogP contribution in [-0.4, -0.2) is 18.0 Å². The minimum atomic E-state index is -1.23. The molecule has 7 rings (SSSR count). The van der Waals surface area contributed by atoms with E-state index in [4.69, 9.17) is 4.42 Å². The van der Waals surface area contributed by atoms with Crippen LogP contribution in [0.25, 0.3) is 55.6 Å². The van der Waals surface area contributed by atoms with Crippen molar-refractivity contribution in [3.05, 3.63) is 140 Å². The van der Waals surface area contributed by atoms with Gasteiger partial charge in [0.15, 0.2) is 0 Å². The van der Waals surface area contributed by atoms with Gasteiger partial charge in [0.25, 0.3) is 0 Å². The smallest absolute Gasteiger partial charge is 0.143 e. The summed E-state index contributed by atoms with van der Waals surface area (Å²) >= 11 is 0. The van der Waals surface area contributed by atoms with Gasteiger partial charge in [-0.05, 0) is 28.2 Å².